The fraction of sp³-hybridized carbons (Fsp3) is 0.0938. The number of fused-ring (bicyclic) bond motifs is 12. The molecule has 1 N–H and O–H groups in total. The van der Waals surface area contributed by atoms with Gasteiger partial charge in [0.05, 0.1) is 28.1 Å². The summed E-state index contributed by atoms with van der Waals surface area (Å²) in [5, 5.41) is 11.9. The Morgan fingerprint density at radius 3 is 2.01 bits per heavy atom. The number of nitrogens with one attached hydrogen (secondary N) is 1. The lowest BCUT2D eigenvalue weighted by Crippen LogP contribution is -2.30. The van der Waals surface area contributed by atoms with Gasteiger partial charge in [0.15, 0.2) is 0 Å². The highest BCUT2D eigenvalue weighted by Gasteiger charge is 2.37. The third-order valence-electron chi connectivity index (χ3n) is 15.1. The number of nitrogens with zero attached hydrogens (tertiary/aromatic N) is 2. The van der Waals surface area contributed by atoms with E-state index in [2.05, 4.69) is 241 Å². The molecular weight excluding hydrogens is 843 g/mol. The van der Waals surface area contributed by atoms with E-state index < -0.39 is 0 Å². The average molecular weight is 890 g/mol. The lowest BCUT2D eigenvalue weighted by atomic mass is 9.73. The first kappa shape index (κ1) is 39.4. The lowest BCUT2D eigenvalue weighted by Gasteiger charge is -2.42. The molecular formula is C64H47N3S. The minimum Gasteiger partial charge on any atom is -0.368 e. The first-order valence-corrected chi connectivity index (χ1v) is 24.8. The summed E-state index contributed by atoms with van der Waals surface area (Å²) in [5.74, 6) is 0. The molecule has 2 aliphatic heterocycles. The van der Waals surface area contributed by atoms with E-state index in [1.165, 1.54) is 121 Å². The maximum Gasteiger partial charge on any atom is 0.103 e. The van der Waals surface area contributed by atoms with E-state index in [1.807, 2.05) is 11.8 Å². The number of allylic oxidation sites excluding steroid dienone is 1. The molecule has 0 radical (unpaired) electrons. The normalized spacial score (nSPS) is 15.6. The van der Waals surface area contributed by atoms with Gasteiger partial charge in [0, 0.05) is 32.5 Å². The molecule has 3 heterocycles. The molecule has 324 valence electrons. The van der Waals surface area contributed by atoms with E-state index in [4.69, 9.17) is 0 Å². The van der Waals surface area contributed by atoms with Crippen molar-refractivity contribution >= 4 is 83.9 Å². The first-order valence-electron chi connectivity index (χ1n) is 23.9. The minimum atomic E-state index is -0.197. The molecule has 10 aromatic carbocycles. The second-order valence-corrected chi connectivity index (χ2v) is 20.4. The largest absolute Gasteiger partial charge is 0.368 e. The first-order chi connectivity index (χ1) is 33.5. The van der Waals surface area contributed by atoms with E-state index in [9.17, 15) is 0 Å². The maximum absolute atomic E-state index is 3.88. The van der Waals surface area contributed by atoms with E-state index in [0.29, 0.717) is 0 Å². The molecule has 0 bridgehead atoms. The van der Waals surface area contributed by atoms with Crippen molar-refractivity contribution in [3.8, 4) is 27.9 Å². The van der Waals surface area contributed by atoms with Crippen LogP contribution in [0.5, 0.6) is 0 Å². The molecule has 0 saturated heterocycles. The smallest absolute Gasteiger partial charge is 0.103 e. The molecule has 3 aliphatic rings. The van der Waals surface area contributed by atoms with Gasteiger partial charge >= 0.3 is 0 Å². The Bertz CT molecular complexity index is 3880. The Labute approximate surface area is 401 Å². The van der Waals surface area contributed by atoms with Gasteiger partial charge in [0.25, 0.3) is 0 Å². The third-order valence-corrected chi connectivity index (χ3v) is 16.3. The van der Waals surface area contributed by atoms with E-state index in [-0.39, 0.29) is 10.8 Å². The third kappa shape index (κ3) is 6.00. The van der Waals surface area contributed by atoms with E-state index in [1.54, 1.807) is 0 Å². The molecule has 0 spiro atoms. The monoisotopic (exact) mass is 889 g/mol. The van der Waals surface area contributed by atoms with E-state index >= 15 is 0 Å². The van der Waals surface area contributed by atoms with Crippen molar-refractivity contribution < 1.29 is 0 Å². The van der Waals surface area contributed by atoms with Gasteiger partial charge < -0.3 is 14.8 Å². The zero-order valence-electron chi connectivity index (χ0n) is 38.0. The molecule has 0 fully saturated rings. The van der Waals surface area contributed by atoms with Crippen LogP contribution >= 0.6 is 11.8 Å². The molecule has 0 amide bonds. The van der Waals surface area contributed by atoms with Crippen LogP contribution in [-0.2, 0) is 11.8 Å². The molecule has 0 saturated carbocycles. The fourth-order valence-corrected chi connectivity index (χ4v) is 12.9. The number of para-hydroxylation sites is 2. The number of rotatable bonds is 5. The van der Waals surface area contributed by atoms with Crippen molar-refractivity contribution in [3.05, 3.63) is 234 Å². The fourth-order valence-electron chi connectivity index (χ4n) is 11.7. The van der Waals surface area contributed by atoms with Crippen molar-refractivity contribution in [1.82, 2.24) is 4.57 Å². The highest BCUT2D eigenvalue weighted by molar-refractivity contribution is 8.00. The van der Waals surface area contributed by atoms with Gasteiger partial charge in [-0.1, -0.05) is 165 Å². The molecule has 4 heteroatoms. The van der Waals surface area contributed by atoms with Crippen molar-refractivity contribution in [2.24, 2.45) is 0 Å². The van der Waals surface area contributed by atoms with Gasteiger partial charge in [-0.2, -0.15) is 0 Å². The predicted molar refractivity (Wildman–Crippen MR) is 289 cm³/mol. The Morgan fingerprint density at radius 1 is 0.500 bits per heavy atom. The number of hydrogen-bond donors (Lipinski definition) is 1. The average Bonchev–Trinajstić information content (AvgIpc) is 3.96. The van der Waals surface area contributed by atoms with E-state index in [0.717, 1.165) is 18.5 Å². The number of aromatic nitrogens is 1. The summed E-state index contributed by atoms with van der Waals surface area (Å²) in [6.45, 7) is 4.75. The van der Waals surface area contributed by atoms with Gasteiger partial charge in [-0.25, -0.2) is 0 Å². The number of aryl methyl sites for hydroxylation is 1. The van der Waals surface area contributed by atoms with Crippen LogP contribution in [0.1, 0.15) is 53.5 Å². The van der Waals surface area contributed by atoms with Gasteiger partial charge in [-0.05, 0) is 157 Å². The number of thioether (sulfide) groups is 1. The highest BCUT2D eigenvalue weighted by atomic mass is 32.2. The quantitative estimate of drug-likeness (QED) is 0.174. The molecule has 1 aliphatic carbocycles. The lowest BCUT2D eigenvalue weighted by molar-refractivity contribution is 0.632. The van der Waals surface area contributed by atoms with Crippen LogP contribution in [0.4, 0.5) is 22.7 Å². The molecule has 3 nitrogen and oxygen atoms in total. The summed E-state index contributed by atoms with van der Waals surface area (Å²) in [4.78, 5) is 3.71. The molecule has 1 aromatic heterocycles. The Hall–Kier alpha value is -7.79. The Balaban J connectivity index is 0.903. The second-order valence-electron chi connectivity index (χ2n) is 19.2. The second kappa shape index (κ2) is 15.1. The van der Waals surface area contributed by atoms with Crippen molar-refractivity contribution in [3.63, 3.8) is 0 Å². The van der Waals surface area contributed by atoms with Gasteiger partial charge in [0.2, 0.25) is 0 Å². The SMILES string of the molecule is CC1(C)c2ccccc2N(c2ccccc2)c2ccc(-c3ccc4c(c3)c3cc5c(cc3n4-c3ccc(-c4ccc6c7c(c8ccccc8c6c4)CCC=C7)cc3)NC(c3ccccc3)S5)cc21. The van der Waals surface area contributed by atoms with Crippen LogP contribution in [0.15, 0.2) is 211 Å². The molecule has 11 aromatic rings. The molecule has 1 atom stereocenters. The summed E-state index contributed by atoms with van der Waals surface area (Å²) in [6, 6.07) is 74.8. The van der Waals surface area contributed by atoms with Crippen LogP contribution in [0.3, 0.4) is 0 Å². The minimum absolute atomic E-state index is 0.160. The van der Waals surface area contributed by atoms with Crippen LogP contribution in [0.25, 0.3) is 77.4 Å². The van der Waals surface area contributed by atoms with Crippen LogP contribution in [-0.4, -0.2) is 4.57 Å². The summed E-state index contributed by atoms with van der Waals surface area (Å²) >= 11 is 1.91. The summed E-state index contributed by atoms with van der Waals surface area (Å²) in [6.07, 6.45) is 6.87. The van der Waals surface area contributed by atoms with Crippen molar-refractivity contribution in [2.45, 2.75) is 42.4 Å². The van der Waals surface area contributed by atoms with Crippen LogP contribution < -0.4 is 10.2 Å². The van der Waals surface area contributed by atoms with Crippen LogP contribution in [0, 0.1) is 0 Å². The predicted octanol–water partition coefficient (Wildman–Crippen LogP) is 17.7. The molecule has 1 unspecified atom stereocenters. The molecule has 68 heavy (non-hydrogen) atoms. The number of anilines is 4. The Morgan fingerprint density at radius 2 is 1.16 bits per heavy atom. The summed E-state index contributed by atoms with van der Waals surface area (Å²) in [7, 11) is 0. The highest BCUT2D eigenvalue weighted by Crippen LogP contribution is 2.54. The standard InChI is InChI=1S/C64H47N3S/c1-64(2)55-23-13-14-24-59(55)67(45-17-7-4-8-18-45)60-34-29-44(37-56(60)64)43-28-33-58-53(36-43)54-38-62-57(65-63(68-62)41-15-5-3-6-16-41)39-61(54)66(58)46-30-25-40(26-31-46)42-27-32-51-49-21-10-9-19-47(49)48-20-11-12-22-50(48)52(51)35-42/h3-8,10-18,20-39,63,65H,9,19H2,1-2H3. The number of benzene rings is 10. The van der Waals surface area contributed by atoms with Crippen molar-refractivity contribution in [2.75, 3.05) is 10.2 Å². The zero-order valence-corrected chi connectivity index (χ0v) is 38.8. The van der Waals surface area contributed by atoms with Gasteiger partial charge in [-0.3, -0.25) is 0 Å². The number of hydrogen-bond acceptors (Lipinski definition) is 3. The van der Waals surface area contributed by atoms with Crippen LogP contribution in [0.2, 0.25) is 0 Å². The summed E-state index contributed by atoms with van der Waals surface area (Å²) in [5.41, 5.74) is 19.8. The Kier molecular flexibility index (Phi) is 8.75. The van der Waals surface area contributed by atoms with Gasteiger partial charge in [-0.15, -0.1) is 0 Å². The van der Waals surface area contributed by atoms with Crippen molar-refractivity contribution in [1.29, 1.82) is 0 Å². The topological polar surface area (TPSA) is 20.2 Å². The maximum atomic E-state index is 3.88. The molecule has 14 rings (SSSR count). The zero-order chi connectivity index (χ0) is 45.1. The van der Waals surface area contributed by atoms with Gasteiger partial charge in [0.1, 0.15) is 5.37 Å². The summed E-state index contributed by atoms with van der Waals surface area (Å²) < 4.78 is 2.47.